The van der Waals surface area contributed by atoms with Crippen molar-refractivity contribution in [2.75, 3.05) is 13.7 Å². The number of aryl methyl sites for hydroxylation is 1. The van der Waals surface area contributed by atoms with Crippen molar-refractivity contribution in [3.63, 3.8) is 0 Å². The molecule has 120 valence electrons. The van der Waals surface area contributed by atoms with Crippen molar-refractivity contribution in [2.24, 2.45) is 0 Å². The van der Waals surface area contributed by atoms with Gasteiger partial charge in [-0.25, -0.2) is 13.1 Å². The predicted octanol–water partition coefficient (Wildman–Crippen LogP) is 2.34. The van der Waals surface area contributed by atoms with Crippen LogP contribution in [0.5, 0.6) is 0 Å². The van der Waals surface area contributed by atoms with Gasteiger partial charge in [0.1, 0.15) is 0 Å². The first-order valence-electron chi connectivity index (χ1n) is 6.76. The molecule has 1 unspecified atom stereocenters. The SMILES string of the molecule is CCCC(COC)NS(=O)(=O)c1cc(CO)cc(C)c1Br. The molecule has 0 aliphatic heterocycles. The smallest absolute Gasteiger partial charge is 0.242 e. The summed E-state index contributed by atoms with van der Waals surface area (Å²) in [5.41, 5.74) is 1.33. The third kappa shape index (κ3) is 5.03. The highest BCUT2D eigenvalue weighted by molar-refractivity contribution is 9.10. The standard InChI is InChI=1S/C14H22BrNO4S/c1-4-5-12(9-20-3)16-21(18,19)13-7-11(8-17)6-10(2)14(13)15/h6-7,12,16-17H,4-5,8-9H2,1-3H3. The molecule has 0 aromatic heterocycles. The molecule has 0 fully saturated rings. The molecule has 0 radical (unpaired) electrons. The minimum absolute atomic E-state index is 0.142. The monoisotopic (exact) mass is 379 g/mol. The first kappa shape index (κ1) is 18.6. The number of hydrogen-bond donors (Lipinski definition) is 2. The van der Waals surface area contributed by atoms with Gasteiger partial charge < -0.3 is 9.84 Å². The normalized spacial score (nSPS) is 13.4. The second kappa shape index (κ2) is 8.24. The molecule has 0 bridgehead atoms. The average Bonchev–Trinajstić information content (AvgIpc) is 2.41. The maximum atomic E-state index is 12.6. The Morgan fingerprint density at radius 3 is 2.62 bits per heavy atom. The van der Waals surface area contributed by atoms with E-state index in [1.54, 1.807) is 20.1 Å². The van der Waals surface area contributed by atoms with E-state index < -0.39 is 10.0 Å². The first-order valence-corrected chi connectivity index (χ1v) is 9.04. The summed E-state index contributed by atoms with van der Waals surface area (Å²) in [5.74, 6) is 0. The number of methoxy groups -OCH3 is 1. The molecule has 0 spiro atoms. The fraction of sp³-hybridized carbons (Fsp3) is 0.571. The van der Waals surface area contributed by atoms with Gasteiger partial charge in [0.2, 0.25) is 10.0 Å². The zero-order valence-electron chi connectivity index (χ0n) is 12.5. The first-order chi connectivity index (χ1) is 9.85. The van der Waals surface area contributed by atoms with Crippen LogP contribution in [0, 0.1) is 6.92 Å². The van der Waals surface area contributed by atoms with Crippen molar-refractivity contribution in [1.82, 2.24) is 4.72 Å². The molecule has 2 N–H and O–H groups in total. The predicted molar refractivity (Wildman–Crippen MR) is 85.7 cm³/mol. The Morgan fingerprint density at radius 2 is 2.10 bits per heavy atom. The Kier molecular flexibility index (Phi) is 7.29. The molecule has 0 saturated heterocycles. The van der Waals surface area contributed by atoms with Gasteiger partial charge in [0.25, 0.3) is 0 Å². The Labute approximate surface area is 134 Å². The van der Waals surface area contributed by atoms with Crippen molar-refractivity contribution in [3.8, 4) is 0 Å². The number of rotatable bonds is 8. The van der Waals surface area contributed by atoms with Crippen molar-refractivity contribution in [2.45, 2.75) is 44.2 Å². The fourth-order valence-corrected chi connectivity index (χ4v) is 4.43. The van der Waals surface area contributed by atoms with E-state index in [1.165, 1.54) is 6.07 Å². The summed E-state index contributed by atoms with van der Waals surface area (Å²) in [6.45, 7) is 3.90. The summed E-state index contributed by atoms with van der Waals surface area (Å²) >= 11 is 3.32. The highest BCUT2D eigenvalue weighted by atomic mass is 79.9. The van der Waals surface area contributed by atoms with Crippen LogP contribution >= 0.6 is 15.9 Å². The average molecular weight is 380 g/mol. The number of ether oxygens (including phenoxy) is 1. The van der Waals surface area contributed by atoms with Gasteiger partial charge in [0, 0.05) is 17.6 Å². The molecule has 1 atom stereocenters. The lowest BCUT2D eigenvalue weighted by Crippen LogP contribution is -2.38. The molecule has 7 heteroatoms. The van der Waals surface area contributed by atoms with E-state index in [1.807, 2.05) is 6.92 Å². The van der Waals surface area contributed by atoms with Crippen LogP contribution in [-0.4, -0.2) is 33.3 Å². The largest absolute Gasteiger partial charge is 0.392 e. The van der Waals surface area contributed by atoms with E-state index in [4.69, 9.17) is 4.74 Å². The van der Waals surface area contributed by atoms with Gasteiger partial charge in [-0.3, -0.25) is 0 Å². The van der Waals surface area contributed by atoms with E-state index in [2.05, 4.69) is 20.7 Å². The van der Waals surface area contributed by atoms with Gasteiger partial charge >= 0.3 is 0 Å². The van der Waals surface area contributed by atoms with Gasteiger partial charge in [0.05, 0.1) is 18.1 Å². The topological polar surface area (TPSA) is 75.6 Å². The molecule has 0 aliphatic rings. The van der Waals surface area contributed by atoms with Crippen LogP contribution < -0.4 is 4.72 Å². The lowest BCUT2D eigenvalue weighted by Gasteiger charge is -2.18. The van der Waals surface area contributed by atoms with E-state index in [0.717, 1.165) is 12.0 Å². The number of halogens is 1. The molecule has 21 heavy (non-hydrogen) atoms. The molecule has 0 amide bonds. The van der Waals surface area contributed by atoms with Gasteiger partial charge in [-0.05, 0) is 46.5 Å². The lowest BCUT2D eigenvalue weighted by molar-refractivity contribution is 0.171. The minimum Gasteiger partial charge on any atom is -0.392 e. The Balaban J connectivity index is 3.14. The quantitative estimate of drug-likeness (QED) is 0.726. The zero-order valence-corrected chi connectivity index (χ0v) is 14.9. The van der Waals surface area contributed by atoms with Crippen LogP contribution in [0.2, 0.25) is 0 Å². The molecule has 5 nitrogen and oxygen atoms in total. The second-order valence-electron chi connectivity index (χ2n) is 4.95. The summed E-state index contributed by atoms with van der Waals surface area (Å²) in [6.07, 6.45) is 1.55. The number of benzene rings is 1. The number of hydrogen-bond acceptors (Lipinski definition) is 4. The number of aliphatic hydroxyl groups is 1. The Hall–Kier alpha value is -0.470. The van der Waals surface area contributed by atoms with Crippen LogP contribution in [0.15, 0.2) is 21.5 Å². The molecule has 1 aromatic carbocycles. The molecule has 0 saturated carbocycles. The summed E-state index contributed by atoms with van der Waals surface area (Å²) in [5, 5.41) is 9.24. The van der Waals surface area contributed by atoms with Crippen LogP contribution in [-0.2, 0) is 21.4 Å². The number of nitrogens with one attached hydrogen (secondary N) is 1. The van der Waals surface area contributed by atoms with Crippen molar-refractivity contribution in [3.05, 3.63) is 27.7 Å². The van der Waals surface area contributed by atoms with E-state index in [0.29, 0.717) is 23.1 Å². The molecular weight excluding hydrogens is 358 g/mol. The highest BCUT2D eigenvalue weighted by Gasteiger charge is 2.23. The summed E-state index contributed by atoms with van der Waals surface area (Å²) in [6, 6.07) is 2.96. The zero-order chi connectivity index (χ0) is 16.0. The van der Waals surface area contributed by atoms with Crippen LogP contribution in [0.25, 0.3) is 0 Å². The molecule has 0 heterocycles. The van der Waals surface area contributed by atoms with Crippen LogP contribution in [0.3, 0.4) is 0 Å². The van der Waals surface area contributed by atoms with E-state index in [9.17, 15) is 13.5 Å². The van der Waals surface area contributed by atoms with Gasteiger partial charge in [-0.2, -0.15) is 0 Å². The fourth-order valence-electron chi connectivity index (χ4n) is 2.10. The maximum Gasteiger partial charge on any atom is 0.242 e. The summed E-state index contributed by atoms with van der Waals surface area (Å²) in [4.78, 5) is 0.142. The van der Waals surface area contributed by atoms with Crippen LogP contribution in [0.1, 0.15) is 30.9 Å². The lowest BCUT2D eigenvalue weighted by atomic mass is 10.1. The van der Waals surface area contributed by atoms with E-state index in [-0.39, 0.29) is 17.5 Å². The minimum atomic E-state index is -3.68. The van der Waals surface area contributed by atoms with Gasteiger partial charge in [0.15, 0.2) is 0 Å². The number of aliphatic hydroxyl groups excluding tert-OH is 1. The summed E-state index contributed by atoms with van der Waals surface area (Å²) < 4.78 is 33.3. The Bertz CT molecular complexity index is 569. The molecule has 0 aliphatic carbocycles. The van der Waals surface area contributed by atoms with E-state index >= 15 is 0 Å². The molecule has 1 rings (SSSR count). The third-order valence-corrected chi connectivity index (χ3v) is 5.94. The molecular formula is C14H22BrNO4S. The van der Waals surface area contributed by atoms with Gasteiger partial charge in [-0.15, -0.1) is 0 Å². The third-order valence-electron chi connectivity index (χ3n) is 3.08. The maximum absolute atomic E-state index is 12.6. The van der Waals surface area contributed by atoms with Crippen molar-refractivity contribution < 1.29 is 18.3 Å². The molecule has 1 aromatic rings. The summed E-state index contributed by atoms with van der Waals surface area (Å²) in [7, 11) is -2.13. The highest BCUT2D eigenvalue weighted by Crippen LogP contribution is 2.27. The van der Waals surface area contributed by atoms with Crippen molar-refractivity contribution in [1.29, 1.82) is 0 Å². The van der Waals surface area contributed by atoms with Gasteiger partial charge in [-0.1, -0.05) is 19.4 Å². The van der Waals surface area contributed by atoms with Crippen LogP contribution in [0.4, 0.5) is 0 Å². The van der Waals surface area contributed by atoms with Crippen molar-refractivity contribution >= 4 is 26.0 Å². The number of sulfonamides is 1. The second-order valence-corrected chi connectivity index (χ2v) is 7.42. The Morgan fingerprint density at radius 1 is 1.43 bits per heavy atom.